The summed E-state index contributed by atoms with van der Waals surface area (Å²) in [5.41, 5.74) is 1.54. The van der Waals surface area contributed by atoms with Crippen LogP contribution < -0.4 is 4.74 Å². The Labute approximate surface area is 155 Å². The Hall–Kier alpha value is -1.59. The fourth-order valence-corrected chi connectivity index (χ4v) is 4.06. The molecular formula is C19H27ClN2O3. The van der Waals surface area contributed by atoms with E-state index in [-0.39, 0.29) is 24.2 Å². The Morgan fingerprint density at radius 1 is 1.28 bits per heavy atom. The Kier molecular flexibility index (Phi) is 6.12. The summed E-state index contributed by atoms with van der Waals surface area (Å²) >= 11 is 0. The number of rotatable bonds is 5. The topological polar surface area (TPSA) is 49.9 Å². The zero-order valence-electron chi connectivity index (χ0n) is 15.2. The number of methoxy groups -OCH3 is 1. The quantitative estimate of drug-likeness (QED) is 0.751. The first kappa shape index (κ1) is 19.7. The van der Waals surface area contributed by atoms with E-state index in [0.717, 1.165) is 49.1 Å². The van der Waals surface area contributed by atoms with Crippen LogP contribution >= 0.6 is 12.4 Å². The lowest BCUT2D eigenvalue weighted by molar-refractivity contribution is -0.140. The van der Waals surface area contributed by atoms with Crippen molar-refractivity contribution in [3.05, 3.63) is 29.3 Å². The van der Waals surface area contributed by atoms with Crippen molar-refractivity contribution in [2.45, 2.75) is 37.5 Å². The van der Waals surface area contributed by atoms with E-state index in [1.807, 2.05) is 32.3 Å². The van der Waals surface area contributed by atoms with Crippen LogP contribution in [0.3, 0.4) is 0 Å². The number of aryl methyl sites for hydroxylation is 1. The van der Waals surface area contributed by atoms with Crippen molar-refractivity contribution < 1.29 is 14.3 Å². The van der Waals surface area contributed by atoms with E-state index in [2.05, 4.69) is 4.90 Å². The number of halogens is 1. The first-order valence-electron chi connectivity index (χ1n) is 8.65. The number of nitrogens with zero attached hydrogens (tertiary/aromatic N) is 2. The molecule has 25 heavy (non-hydrogen) atoms. The lowest BCUT2D eigenvalue weighted by atomic mass is 9.69. The number of imide groups is 1. The minimum atomic E-state index is -0.644. The lowest BCUT2D eigenvalue weighted by Crippen LogP contribution is -2.41. The molecule has 1 spiro atoms. The van der Waals surface area contributed by atoms with Crippen LogP contribution in [-0.2, 0) is 21.4 Å². The third-order valence-corrected chi connectivity index (χ3v) is 5.27. The van der Waals surface area contributed by atoms with E-state index in [1.54, 1.807) is 7.11 Å². The smallest absolute Gasteiger partial charge is 0.240 e. The fraction of sp³-hybridized carbons (Fsp3) is 0.579. The minimum absolute atomic E-state index is 0. The van der Waals surface area contributed by atoms with Crippen molar-refractivity contribution >= 4 is 24.2 Å². The normalized spacial score (nSPS) is 22.3. The van der Waals surface area contributed by atoms with E-state index in [0.29, 0.717) is 13.0 Å². The van der Waals surface area contributed by atoms with Crippen molar-refractivity contribution in [1.82, 2.24) is 9.80 Å². The molecule has 1 saturated heterocycles. The number of likely N-dealkylation sites (tertiary alicyclic amines) is 1. The highest BCUT2D eigenvalue weighted by Crippen LogP contribution is 2.46. The Morgan fingerprint density at radius 2 is 2.04 bits per heavy atom. The van der Waals surface area contributed by atoms with Crippen LogP contribution in [-0.4, -0.2) is 55.9 Å². The molecule has 0 saturated carbocycles. The number of hydrogen-bond acceptors (Lipinski definition) is 4. The fourth-order valence-electron chi connectivity index (χ4n) is 4.06. The lowest BCUT2D eigenvalue weighted by Gasteiger charge is -2.33. The van der Waals surface area contributed by atoms with E-state index >= 15 is 0 Å². The second-order valence-corrected chi connectivity index (χ2v) is 7.14. The summed E-state index contributed by atoms with van der Waals surface area (Å²) < 4.78 is 5.31. The monoisotopic (exact) mass is 366 g/mol. The van der Waals surface area contributed by atoms with Crippen LogP contribution in [0.5, 0.6) is 5.75 Å². The van der Waals surface area contributed by atoms with Crippen LogP contribution in [0.15, 0.2) is 18.2 Å². The molecule has 2 amide bonds. The van der Waals surface area contributed by atoms with Gasteiger partial charge in [-0.1, -0.05) is 6.07 Å². The summed E-state index contributed by atoms with van der Waals surface area (Å²) in [7, 11) is 5.65. The SMILES string of the molecule is COc1ccc2c(c1)CCCC21CC(=O)N(CCCN(C)C)C1=O.Cl. The molecule has 1 aliphatic heterocycles. The molecule has 0 N–H and O–H groups in total. The average molecular weight is 367 g/mol. The highest BCUT2D eigenvalue weighted by Gasteiger charge is 2.53. The van der Waals surface area contributed by atoms with Gasteiger partial charge in [-0.3, -0.25) is 14.5 Å². The number of fused-ring (bicyclic) bond motifs is 2. The summed E-state index contributed by atoms with van der Waals surface area (Å²) in [4.78, 5) is 29.2. The number of benzene rings is 1. The highest BCUT2D eigenvalue weighted by molar-refractivity contribution is 6.09. The van der Waals surface area contributed by atoms with E-state index in [1.165, 1.54) is 4.90 Å². The van der Waals surface area contributed by atoms with Crippen LogP contribution in [0.4, 0.5) is 0 Å². The molecule has 1 unspecified atom stereocenters. The molecule has 1 fully saturated rings. The van der Waals surface area contributed by atoms with Crippen molar-refractivity contribution in [2.75, 3.05) is 34.3 Å². The van der Waals surface area contributed by atoms with Gasteiger partial charge in [-0.25, -0.2) is 0 Å². The summed E-state index contributed by atoms with van der Waals surface area (Å²) in [6, 6.07) is 5.91. The van der Waals surface area contributed by atoms with Gasteiger partial charge >= 0.3 is 0 Å². The van der Waals surface area contributed by atoms with Gasteiger partial charge in [0.05, 0.1) is 12.5 Å². The molecule has 1 heterocycles. The zero-order chi connectivity index (χ0) is 17.3. The maximum absolute atomic E-state index is 13.1. The molecule has 6 heteroatoms. The molecule has 2 aliphatic rings. The predicted octanol–water partition coefficient (Wildman–Crippen LogP) is 2.40. The summed E-state index contributed by atoms with van der Waals surface area (Å²) in [5.74, 6) is 0.783. The second-order valence-electron chi connectivity index (χ2n) is 7.14. The number of ether oxygens (including phenoxy) is 1. The van der Waals surface area contributed by atoms with Crippen molar-refractivity contribution in [3.63, 3.8) is 0 Å². The third-order valence-electron chi connectivity index (χ3n) is 5.27. The van der Waals surface area contributed by atoms with Gasteiger partial charge in [0.1, 0.15) is 5.75 Å². The molecule has 0 aromatic heterocycles. The maximum atomic E-state index is 13.1. The molecular weight excluding hydrogens is 340 g/mol. The van der Waals surface area contributed by atoms with Gasteiger partial charge in [0, 0.05) is 13.0 Å². The summed E-state index contributed by atoms with van der Waals surface area (Å²) in [5, 5.41) is 0. The largest absolute Gasteiger partial charge is 0.497 e. The molecule has 138 valence electrons. The minimum Gasteiger partial charge on any atom is -0.497 e. The van der Waals surface area contributed by atoms with E-state index in [9.17, 15) is 9.59 Å². The molecule has 3 rings (SSSR count). The van der Waals surface area contributed by atoms with Gasteiger partial charge in [-0.15, -0.1) is 12.4 Å². The van der Waals surface area contributed by atoms with Gasteiger partial charge in [-0.2, -0.15) is 0 Å². The Morgan fingerprint density at radius 3 is 2.72 bits per heavy atom. The number of amides is 2. The number of hydrogen-bond donors (Lipinski definition) is 0. The molecule has 1 aromatic rings. The molecule has 1 atom stereocenters. The van der Waals surface area contributed by atoms with Crippen LogP contribution in [0.2, 0.25) is 0 Å². The maximum Gasteiger partial charge on any atom is 0.240 e. The zero-order valence-corrected chi connectivity index (χ0v) is 16.0. The van der Waals surface area contributed by atoms with Gasteiger partial charge in [0.15, 0.2) is 0 Å². The van der Waals surface area contributed by atoms with Gasteiger partial charge in [0.25, 0.3) is 0 Å². The van der Waals surface area contributed by atoms with E-state index < -0.39 is 5.41 Å². The van der Waals surface area contributed by atoms with Gasteiger partial charge in [0.2, 0.25) is 11.8 Å². The molecule has 0 radical (unpaired) electrons. The summed E-state index contributed by atoms with van der Waals surface area (Å²) in [6.07, 6.45) is 3.77. The first-order valence-corrected chi connectivity index (χ1v) is 8.65. The number of carbonyl (C=O) groups is 2. The van der Waals surface area contributed by atoms with E-state index in [4.69, 9.17) is 4.74 Å². The highest BCUT2D eigenvalue weighted by atomic mass is 35.5. The van der Waals surface area contributed by atoms with Crippen molar-refractivity contribution in [2.24, 2.45) is 0 Å². The van der Waals surface area contributed by atoms with Crippen LogP contribution in [0, 0.1) is 0 Å². The third kappa shape index (κ3) is 3.53. The van der Waals surface area contributed by atoms with Crippen LogP contribution in [0.1, 0.15) is 36.8 Å². The molecule has 0 bridgehead atoms. The van der Waals surface area contributed by atoms with Gasteiger partial charge < -0.3 is 9.64 Å². The van der Waals surface area contributed by atoms with Crippen LogP contribution in [0.25, 0.3) is 0 Å². The Bertz CT molecular complexity index is 662. The average Bonchev–Trinajstić information content (AvgIpc) is 2.79. The van der Waals surface area contributed by atoms with Crippen molar-refractivity contribution in [3.8, 4) is 5.75 Å². The number of carbonyl (C=O) groups excluding carboxylic acids is 2. The molecule has 1 aliphatic carbocycles. The standard InChI is InChI=1S/C19H26N2O3.ClH/c1-20(2)10-5-11-21-17(22)13-19(18(21)23)9-4-6-14-12-15(24-3)7-8-16(14)19;/h7-8,12H,4-6,9-11,13H2,1-3H3;1H. The second kappa shape index (κ2) is 7.75. The van der Waals surface area contributed by atoms with Crippen molar-refractivity contribution in [1.29, 1.82) is 0 Å². The first-order chi connectivity index (χ1) is 11.5. The van der Waals surface area contributed by atoms with Gasteiger partial charge in [-0.05, 0) is 69.6 Å². The molecule has 1 aromatic carbocycles. The predicted molar refractivity (Wildman–Crippen MR) is 99.4 cm³/mol. The summed E-state index contributed by atoms with van der Waals surface area (Å²) in [6.45, 7) is 1.39. The Balaban J connectivity index is 0.00000225. The molecule has 5 nitrogen and oxygen atoms in total.